The molecule has 0 rings (SSSR count). The van der Waals surface area contributed by atoms with Gasteiger partial charge in [0.05, 0.1) is 0 Å². The molecule has 0 amide bonds. The van der Waals surface area contributed by atoms with Gasteiger partial charge in [-0.2, -0.15) is 0 Å². The molecule has 0 heterocycles. The van der Waals surface area contributed by atoms with Crippen LogP contribution in [0.1, 0.15) is 67.2 Å². The maximum absolute atomic E-state index is 6.26. The number of hydrogen-bond donors (Lipinski definition) is 0. The molecule has 0 bridgehead atoms. The van der Waals surface area contributed by atoms with Crippen molar-refractivity contribution in [1.82, 2.24) is 0 Å². The van der Waals surface area contributed by atoms with E-state index in [1.54, 1.807) is 0 Å². The molecule has 0 aromatic carbocycles. The average Bonchev–Trinajstić information content (AvgIpc) is 2.42. The van der Waals surface area contributed by atoms with Crippen LogP contribution in [-0.2, 0) is 26.0 Å². The van der Waals surface area contributed by atoms with E-state index in [-0.39, 0.29) is 17.1 Å². The fourth-order valence-electron chi connectivity index (χ4n) is 2.18. The van der Waals surface area contributed by atoms with Crippen molar-refractivity contribution in [3.8, 4) is 0 Å². The maximum atomic E-state index is 6.26. The molecule has 0 N–H and O–H groups in total. The molecule has 0 aliphatic heterocycles. The fraction of sp³-hybridized carbons (Fsp3) is 1.00. The molecule has 0 unspecified atom stereocenters. The van der Waals surface area contributed by atoms with Gasteiger partial charge >= 0.3 is 169 Å². The monoisotopic (exact) mass is 438 g/mol. The van der Waals surface area contributed by atoms with Gasteiger partial charge in [-0.1, -0.05) is 0 Å². The van der Waals surface area contributed by atoms with Crippen LogP contribution >= 0.6 is 0 Å². The zero-order chi connectivity index (χ0) is 19.8. The summed E-state index contributed by atoms with van der Waals surface area (Å²) in [6.45, 7) is 25.3. The van der Waals surface area contributed by atoms with Crippen molar-refractivity contribution < 1.29 is 26.0 Å². The number of hydrogen-bond acceptors (Lipinski definition) is 2. The van der Waals surface area contributed by atoms with Gasteiger partial charge in [0, 0.05) is 0 Å². The molecule has 0 fully saturated rings. The van der Waals surface area contributed by atoms with E-state index >= 15 is 0 Å². The van der Waals surface area contributed by atoms with Gasteiger partial charge in [-0.3, -0.25) is 0 Å². The molecular weight excluding hydrogens is 394 g/mol. The second kappa shape index (κ2) is 11.1. The van der Waals surface area contributed by atoms with Crippen molar-refractivity contribution >= 4 is 16.6 Å². The van der Waals surface area contributed by atoms with Crippen LogP contribution in [0.3, 0.4) is 0 Å². The van der Waals surface area contributed by atoms with E-state index in [1.165, 1.54) is 35.7 Å². The second-order valence-electron chi connectivity index (χ2n) is 10.7. The van der Waals surface area contributed by atoms with E-state index in [0.29, 0.717) is 10.1 Å². The summed E-state index contributed by atoms with van der Waals surface area (Å²) in [6.07, 6.45) is 5.34. The van der Waals surface area contributed by atoms with Crippen LogP contribution in [0, 0.1) is 0 Å². The number of unbranched alkanes of at least 4 members (excludes halogenated alkanes) is 2. The normalized spacial score (nSPS) is 13.8. The van der Waals surface area contributed by atoms with Crippen LogP contribution in [0.4, 0.5) is 0 Å². The first kappa shape index (κ1) is 26.0. The van der Waals surface area contributed by atoms with Crippen molar-refractivity contribution in [2.75, 3.05) is 13.2 Å². The summed E-state index contributed by atoms with van der Waals surface area (Å²) >= 11 is -0.282. The Morgan fingerprint density at radius 1 is 0.600 bits per heavy atom. The van der Waals surface area contributed by atoms with E-state index in [1.807, 2.05) is 0 Å². The van der Waals surface area contributed by atoms with Gasteiger partial charge in [-0.25, -0.2) is 0 Å². The third-order valence-electron chi connectivity index (χ3n) is 6.33. The van der Waals surface area contributed by atoms with E-state index in [9.17, 15) is 0 Å². The van der Waals surface area contributed by atoms with Crippen LogP contribution < -0.4 is 0 Å². The average molecular weight is 440 g/mol. The van der Waals surface area contributed by atoms with Crippen molar-refractivity contribution in [2.24, 2.45) is 0 Å². The molecule has 0 aliphatic carbocycles. The Hall–Kier alpha value is 0.977. The first-order valence-electron chi connectivity index (χ1n) is 10.5. The molecule has 148 valence electrons. The molecular formula is C20H46O2Si2Zn. The van der Waals surface area contributed by atoms with Gasteiger partial charge in [0.1, 0.15) is 0 Å². The molecule has 0 aromatic rings. The van der Waals surface area contributed by atoms with Crippen LogP contribution in [0.25, 0.3) is 0 Å². The molecule has 0 saturated heterocycles. The topological polar surface area (TPSA) is 18.5 Å². The first-order valence-corrected chi connectivity index (χ1v) is 20.5. The summed E-state index contributed by atoms with van der Waals surface area (Å²) in [5.41, 5.74) is 0. The van der Waals surface area contributed by atoms with Gasteiger partial charge in [0.15, 0.2) is 0 Å². The standard InChI is InChI=1S/2C10H23OSi.Zn/c2*1-7-8-9-11-12(5,6)10(2,3)4;/h2*1,7-9H2,2-6H3;. The van der Waals surface area contributed by atoms with Crippen molar-refractivity contribution in [1.29, 1.82) is 0 Å². The molecule has 0 aromatic heterocycles. The van der Waals surface area contributed by atoms with E-state index in [0.717, 1.165) is 13.2 Å². The molecule has 25 heavy (non-hydrogen) atoms. The summed E-state index contributed by atoms with van der Waals surface area (Å²) in [5, 5.41) is 3.77. The third-order valence-corrected chi connectivity index (χ3v) is 19.6. The Bertz CT molecular complexity index is 324. The Labute approximate surface area is 169 Å². The van der Waals surface area contributed by atoms with E-state index in [2.05, 4.69) is 67.7 Å². The number of rotatable bonds is 12. The molecule has 0 aliphatic rings. The van der Waals surface area contributed by atoms with Crippen LogP contribution in [0.5, 0.6) is 0 Å². The Morgan fingerprint density at radius 2 is 0.920 bits per heavy atom. The first-order chi connectivity index (χ1) is 11.2. The quantitative estimate of drug-likeness (QED) is 0.231. The van der Waals surface area contributed by atoms with Crippen LogP contribution in [0.2, 0.25) is 46.3 Å². The summed E-state index contributed by atoms with van der Waals surface area (Å²) in [5.74, 6) is 0. The SMILES string of the molecule is CC(C)(C)[Si](C)(C)OCCC[CH2][Zn][CH2]CCCO[Si](C)(C)C(C)(C)C. The summed E-state index contributed by atoms with van der Waals surface area (Å²) in [7, 11) is -3.04. The Kier molecular flexibility index (Phi) is 11.5. The molecule has 0 radical (unpaired) electrons. The van der Waals surface area contributed by atoms with Gasteiger partial charge in [0.25, 0.3) is 0 Å². The van der Waals surface area contributed by atoms with Crippen molar-refractivity contribution in [2.45, 2.75) is 114 Å². The zero-order valence-corrected chi connectivity index (χ0v) is 24.1. The van der Waals surface area contributed by atoms with E-state index < -0.39 is 16.6 Å². The van der Waals surface area contributed by atoms with Gasteiger partial charge in [-0.05, 0) is 0 Å². The molecule has 0 saturated carbocycles. The summed E-state index contributed by atoms with van der Waals surface area (Å²) in [6, 6.07) is 0. The zero-order valence-electron chi connectivity index (χ0n) is 19.2. The summed E-state index contributed by atoms with van der Waals surface area (Å²) in [4.78, 5) is 0. The van der Waals surface area contributed by atoms with Gasteiger partial charge in [-0.15, -0.1) is 0 Å². The molecule has 0 spiro atoms. The van der Waals surface area contributed by atoms with E-state index in [4.69, 9.17) is 8.85 Å². The van der Waals surface area contributed by atoms with Crippen LogP contribution in [-0.4, -0.2) is 29.8 Å². The Balaban J connectivity index is 3.55. The van der Waals surface area contributed by atoms with Crippen molar-refractivity contribution in [3.05, 3.63) is 0 Å². The predicted octanol–water partition coefficient (Wildman–Crippen LogP) is 7.51. The van der Waals surface area contributed by atoms with Crippen LogP contribution in [0.15, 0.2) is 0 Å². The Morgan fingerprint density at radius 3 is 1.20 bits per heavy atom. The van der Waals surface area contributed by atoms with Crippen molar-refractivity contribution in [3.63, 3.8) is 0 Å². The second-order valence-corrected chi connectivity index (χ2v) is 24.8. The van der Waals surface area contributed by atoms with Gasteiger partial charge in [0.2, 0.25) is 0 Å². The minimum absolute atomic E-state index is 0.282. The fourth-order valence-corrected chi connectivity index (χ4v) is 8.06. The molecule has 0 atom stereocenters. The summed E-state index contributed by atoms with van der Waals surface area (Å²) < 4.78 is 12.5. The minimum atomic E-state index is -1.52. The van der Waals surface area contributed by atoms with Gasteiger partial charge < -0.3 is 0 Å². The molecule has 5 heteroatoms. The predicted molar refractivity (Wildman–Crippen MR) is 114 cm³/mol. The third kappa shape index (κ3) is 10.8. The molecule has 2 nitrogen and oxygen atoms in total.